The van der Waals surface area contributed by atoms with Crippen LogP contribution in [0, 0.1) is 6.92 Å². The van der Waals surface area contributed by atoms with Gasteiger partial charge in [0.15, 0.2) is 0 Å². The summed E-state index contributed by atoms with van der Waals surface area (Å²) in [6, 6.07) is 16.7. The number of nitrogens with one attached hydrogen (secondary N) is 2. The van der Waals surface area contributed by atoms with E-state index >= 15 is 0 Å². The van der Waals surface area contributed by atoms with E-state index in [0.29, 0.717) is 24.7 Å². The van der Waals surface area contributed by atoms with Crippen molar-refractivity contribution in [3.8, 4) is 17.0 Å². The highest BCUT2D eigenvalue weighted by atomic mass is 16.6. The fourth-order valence-electron chi connectivity index (χ4n) is 4.30. The van der Waals surface area contributed by atoms with E-state index in [4.69, 9.17) is 14.2 Å². The number of methoxy groups -OCH3 is 1. The fourth-order valence-corrected chi connectivity index (χ4v) is 4.30. The number of hydrogen-bond acceptors (Lipinski definition) is 7. The van der Waals surface area contributed by atoms with E-state index in [1.54, 1.807) is 13.3 Å². The number of benzene rings is 2. The van der Waals surface area contributed by atoms with Crippen LogP contribution in [-0.2, 0) is 9.47 Å². The monoisotopic (exact) mass is 446 g/mol. The van der Waals surface area contributed by atoms with Gasteiger partial charge >= 0.3 is 0 Å². The molecule has 0 aliphatic carbocycles. The maximum atomic E-state index is 12.6. The van der Waals surface area contributed by atoms with Crippen LogP contribution in [0.3, 0.4) is 0 Å². The normalized spacial score (nSPS) is 23.7. The molecule has 2 aliphatic rings. The number of para-hydroxylation sites is 1. The van der Waals surface area contributed by atoms with Crippen LogP contribution < -0.4 is 15.4 Å². The van der Waals surface area contributed by atoms with Crippen LogP contribution in [0.5, 0.6) is 5.75 Å². The number of anilines is 1. The molecule has 4 unspecified atom stereocenters. The summed E-state index contributed by atoms with van der Waals surface area (Å²) in [5.41, 5.74) is 3.39. The van der Waals surface area contributed by atoms with Gasteiger partial charge in [-0.25, -0.2) is 9.97 Å². The second-order valence-corrected chi connectivity index (χ2v) is 8.26. The average Bonchev–Trinajstić information content (AvgIpc) is 3.43. The van der Waals surface area contributed by atoms with Gasteiger partial charge in [0.05, 0.1) is 38.1 Å². The molecule has 0 saturated carbocycles. The molecule has 2 saturated heterocycles. The van der Waals surface area contributed by atoms with E-state index in [1.165, 1.54) is 0 Å². The molecule has 0 radical (unpaired) electrons. The van der Waals surface area contributed by atoms with Crippen LogP contribution in [0.4, 0.5) is 5.95 Å². The SMILES string of the molecule is COc1ccccc1-c1ccnc(NC2COC3C(NC(=O)c4ccc(C)cc4)COC23)n1. The van der Waals surface area contributed by atoms with E-state index in [0.717, 1.165) is 22.6 Å². The maximum absolute atomic E-state index is 12.6. The van der Waals surface area contributed by atoms with Crippen LogP contribution in [0.25, 0.3) is 11.3 Å². The van der Waals surface area contributed by atoms with Gasteiger partial charge in [-0.15, -0.1) is 0 Å². The third kappa shape index (κ3) is 4.40. The highest BCUT2D eigenvalue weighted by Crippen LogP contribution is 2.31. The first-order valence-corrected chi connectivity index (χ1v) is 11.0. The maximum Gasteiger partial charge on any atom is 0.251 e. The van der Waals surface area contributed by atoms with Crippen molar-refractivity contribution in [2.24, 2.45) is 0 Å². The number of aryl methyl sites for hydroxylation is 1. The number of aromatic nitrogens is 2. The number of nitrogens with zero attached hydrogens (tertiary/aromatic N) is 2. The summed E-state index contributed by atoms with van der Waals surface area (Å²) in [4.78, 5) is 21.7. The fraction of sp³-hybridized carbons (Fsp3) is 0.320. The summed E-state index contributed by atoms with van der Waals surface area (Å²) in [5.74, 6) is 1.11. The Hall–Kier alpha value is -3.49. The van der Waals surface area contributed by atoms with E-state index in [-0.39, 0.29) is 30.2 Å². The molecule has 8 heteroatoms. The van der Waals surface area contributed by atoms with Gasteiger partial charge in [-0.2, -0.15) is 0 Å². The minimum Gasteiger partial charge on any atom is -0.496 e. The summed E-state index contributed by atoms with van der Waals surface area (Å²) < 4.78 is 17.5. The Morgan fingerprint density at radius 3 is 2.52 bits per heavy atom. The number of fused-ring (bicyclic) bond motifs is 1. The zero-order valence-electron chi connectivity index (χ0n) is 18.5. The molecule has 2 aromatic carbocycles. The van der Waals surface area contributed by atoms with Gasteiger partial charge in [0, 0.05) is 17.3 Å². The molecule has 1 aromatic heterocycles. The Kier molecular flexibility index (Phi) is 5.93. The molecule has 3 aromatic rings. The molecule has 170 valence electrons. The van der Waals surface area contributed by atoms with E-state index in [9.17, 15) is 4.79 Å². The van der Waals surface area contributed by atoms with Crippen LogP contribution in [-0.4, -0.2) is 60.5 Å². The third-order valence-corrected chi connectivity index (χ3v) is 6.04. The Morgan fingerprint density at radius 2 is 1.73 bits per heavy atom. The van der Waals surface area contributed by atoms with Crippen LogP contribution in [0.1, 0.15) is 15.9 Å². The van der Waals surface area contributed by atoms with Crippen LogP contribution in [0.15, 0.2) is 60.8 Å². The van der Waals surface area contributed by atoms with Crippen molar-refractivity contribution in [3.05, 3.63) is 71.9 Å². The molecule has 2 N–H and O–H groups in total. The predicted octanol–water partition coefficient (Wildman–Crippen LogP) is 2.84. The Balaban J connectivity index is 1.25. The van der Waals surface area contributed by atoms with Gasteiger partial charge < -0.3 is 24.8 Å². The van der Waals surface area contributed by atoms with Crippen molar-refractivity contribution in [2.75, 3.05) is 25.6 Å². The first-order valence-electron chi connectivity index (χ1n) is 11.0. The first kappa shape index (κ1) is 21.4. The number of ether oxygens (including phenoxy) is 3. The van der Waals surface area contributed by atoms with Gasteiger partial charge in [-0.3, -0.25) is 4.79 Å². The average molecular weight is 447 g/mol. The highest BCUT2D eigenvalue weighted by Gasteiger charge is 2.48. The molecule has 1 amide bonds. The smallest absolute Gasteiger partial charge is 0.251 e. The molecular weight excluding hydrogens is 420 g/mol. The molecule has 0 bridgehead atoms. The molecular formula is C25H26N4O4. The van der Waals surface area contributed by atoms with Crippen LogP contribution >= 0.6 is 0 Å². The third-order valence-electron chi connectivity index (χ3n) is 6.04. The van der Waals surface area contributed by atoms with Crippen molar-refractivity contribution in [2.45, 2.75) is 31.2 Å². The summed E-state index contributed by atoms with van der Waals surface area (Å²) >= 11 is 0. The van der Waals surface area contributed by atoms with Crippen molar-refractivity contribution >= 4 is 11.9 Å². The number of amides is 1. The van der Waals surface area contributed by atoms with Crippen molar-refractivity contribution in [3.63, 3.8) is 0 Å². The Labute approximate surface area is 192 Å². The zero-order chi connectivity index (χ0) is 22.8. The number of rotatable bonds is 6. The summed E-state index contributed by atoms with van der Waals surface area (Å²) in [5, 5.41) is 6.40. The molecule has 33 heavy (non-hydrogen) atoms. The van der Waals surface area contributed by atoms with Gasteiger partial charge in [0.25, 0.3) is 5.91 Å². The lowest BCUT2D eigenvalue weighted by molar-refractivity contribution is 0.0652. The molecule has 2 aliphatic heterocycles. The molecule has 5 rings (SSSR count). The minimum absolute atomic E-state index is 0.121. The van der Waals surface area contributed by atoms with Gasteiger partial charge in [-0.1, -0.05) is 29.8 Å². The molecule has 0 spiro atoms. The number of carbonyl (C=O) groups is 1. The second kappa shape index (κ2) is 9.17. The summed E-state index contributed by atoms with van der Waals surface area (Å²) in [7, 11) is 1.64. The lowest BCUT2D eigenvalue weighted by Crippen LogP contribution is -2.44. The summed E-state index contributed by atoms with van der Waals surface area (Å²) in [6.45, 7) is 2.83. The zero-order valence-corrected chi connectivity index (χ0v) is 18.5. The van der Waals surface area contributed by atoms with Crippen LogP contribution in [0.2, 0.25) is 0 Å². The first-order chi connectivity index (χ1) is 16.1. The van der Waals surface area contributed by atoms with Gasteiger partial charge in [-0.05, 0) is 37.3 Å². The highest BCUT2D eigenvalue weighted by molar-refractivity contribution is 5.94. The molecule has 3 heterocycles. The largest absolute Gasteiger partial charge is 0.496 e. The number of hydrogen-bond donors (Lipinski definition) is 2. The van der Waals surface area contributed by atoms with E-state index < -0.39 is 0 Å². The van der Waals surface area contributed by atoms with Crippen molar-refractivity contribution in [1.29, 1.82) is 0 Å². The molecule has 2 fully saturated rings. The molecule has 8 nitrogen and oxygen atoms in total. The van der Waals surface area contributed by atoms with E-state index in [2.05, 4.69) is 20.6 Å². The topological polar surface area (TPSA) is 94.6 Å². The van der Waals surface area contributed by atoms with Gasteiger partial charge in [0.2, 0.25) is 5.95 Å². The lowest BCUT2D eigenvalue weighted by Gasteiger charge is -2.18. The minimum atomic E-state index is -0.228. The number of carbonyl (C=O) groups excluding carboxylic acids is 1. The van der Waals surface area contributed by atoms with E-state index in [1.807, 2.05) is 61.5 Å². The van der Waals surface area contributed by atoms with Crippen molar-refractivity contribution < 1.29 is 19.0 Å². The Morgan fingerprint density at radius 1 is 1.00 bits per heavy atom. The van der Waals surface area contributed by atoms with Crippen molar-refractivity contribution in [1.82, 2.24) is 15.3 Å². The van der Waals surface area contributed by atoms with Gasteiger partial charge in [0.1, 0.15) is 18.0 Å². The lowest BCUT2D eigenvalue weighted by atomic mass is 10.1. The molecule has 4 atom stereocenters. The standard InChI is InChI=1S/C25H26N4O4/c1-15-7-9-16(10-8-15)24(30)27-19-13-32-23-20(14-33-22(19)23)29-25-26-12-11-18(28-25)17-5-3-4-6-21(17)31-2/h3-12,19-20,22-23H,13-14H2,1-2H3,(H,27,30)(H,26,28,29). The Bertz CT molecular complexity index is 1140. The second-order valence-electron chi connectivity index (χ2n) is 8.26. The summed E-state index contributed by atoms with van der Waals surface area (Å²) in [6.07, 6.45) is 1.28. The predicted molar refractivity (Wildman–Crippen MR) is 123 cm³/mol. The quantitative estimate of drug-likeness (QED) is 0.601.